The summed E-state index contributed by atoms with van der Waals surface area (Å²) in [6.07, 6.45) is 1.24. The molecule has 1 aromatic rings. The highest BCUT2D eigenvalue weighted by Gasteiger charge is 2.18. The highest BCUT2D eigenvalue weighted by molar-refractivity contribution is 5.20. The second kappa shape index (κ2) is 2.81. The molecule has 0 amide bonds. The van der Waals surface area contributed by atoms with E-state index in [9.17, 15) is 8.78 Å². The number of hydrogen-bond acceptors (Lipinski definition) is 1. The van der Waals surface area contributed by atoms with Crippen molar-refractivity contribution < 1.29 is 8.78 Å². The Labute approximate surface area is 70.4 Å². The van der Waals surface area contributed by atoms with E-state index in [1.165, 1.54) is 6.20 Å². The molecule has 1 rings (SSSR count). The van der Waals surface area contributed by atoms with E-state index in [1.807, 2.05) is 20.8 Å². The van der Waals surface area contributed by atoms with Crippen LogP contribution in [0.1, 0.15) is 26.3 Å². The summed E-state index contributed by atoms with van der Waals surface area (Å²) in [6, 6.07) is 0.806. The third-order valence-corrected chi connectivity index (χ3v) is 1.63. The Morgan fingerprint density at radius 2 is 1.83 bits per heavy atom. The van der Waals surface area contributed by atoms with Crippen LogP contribution in [-0.4, -0.2) is 4.98 Å². The highest BCUT2D eigenvalue weighted by atomic mass is 19.1. The summed E-state index contributed by atoms with van der Waals surface area (Å²) < 4.78 is 25.5. The molecule has 1 heterocycles. The molecule has 0 saturated heterocycles. The molecule has 0 fully saturated rings. The monoisotopic (exact) mass is 171 g/mol. The fourth-order valence-corrected chi connectivity index (χ4v) is 0.959. The average molecular weight is 171 g/mol. The van der Waals surface area contributed by atoms with Crippen molar-refractivity contribution in [3.63, 3.8) is 0 Å². The number of aromatic nitrogens is 1. The molecule has 0 saturated carbocycles. The van der Waals surface area contributed by atoms with Crippen LogP contribution in [-0.2, 0) is 5.41 Å². The van der Waals surface area contributed by atoms with Crippen molar-refractivity contribution in [1.82, 2.24) is 4.98 Å². The number of halogens is 2. The van der Waals surface area contributed by atoms with Crippen molar-refractivity contribution in [1.29, 1.82) is 0 Å². The summed E-state index contributed by atoms with van der Waals surface area (Å²) in [5, 5.41) is 0. The van der Waals surface area contributed by atoms with Gasteiger partial charge in [0.1, 0.15) is 5.82 Å². The summed E-state index contributed by atoms with van der Waals surface area (Å²) >= 11 is 0. The molecule has 3 heteroatoms. The van der Waals surface area contributed by atoms with Gasteiger partial charge in [-0.2, -0.15) is 4.39 Å². The third-order valence-electron chi connectivity index (χ3n) is 1.63. The van der Waals surface area contributed by atoms with Crippen molar-refractivity contribution in [3.05, 3.63) is 29.6 Å². The lowest BCUT2D eigenvalue weighted by molar-refractivity contribution is 0.496. The first-order valence-corrected chi connectivity index (χ1v) is 3.73. The van der Waals surface area contributed by atoms with Gasteiger partial charge in [-0.3, -0.25) is 0 Å². The van der Waals surface area contributed by atoms with E-state index in [0.29, 0.717) is 5.56 Å². The number of nitrogens with zero attached hydrogens (tertiary/aromatic N) is 1. The number of pyridine rings is 1. The molecule has 0 N–H and O–H groups in total. The minimum atomic E-state index is -0.777. The molecule has 12 heavy (non-hydrogen) atoms. The van der Waals surface area contributed by atoms with Crippen LogP contribution < -0.4 is 0 Å². The van der Waals surface area contributed by atoms with E-state index in [0.717, 1.165) is 6.07 Å². The Hall–Kier alpha value is -0.990. The fraction of sp³-hybridized carbons (Fsp3) is 0.444. The maximum absolute atomic E-state index is 13.1. The second-order valence-electron chi connectivity index (χ2n) is 3.74. The van der Waals surface area contributed by atoms with Crippen LogP contribution in [0, 0.1) is 11.8 Å². The molecular formula is C9H11F2N. The van der Waals surface area contributed by atoms with Gasteiger partial charge in [-0.1, -0.05) is 20.8 Å². The predicted octanol–water partition coefficient (Wildman–Crippen LogP) is 2.66. The minimum absolute atomic E-state index is 0.329. The van der Waals surface area contributed by atoms with Gasteiger partial charge in [0.2, 0.25) is 5.95 Å². The van der Waals surface area contributed by atoms with Gasteiger partial charge in [-0.05, 0) is 5.41 Å². The Balaban J connectivity index is 3.19. The standard InChI is InChI=1S/C9H11F2N/c1-9(2,3)6-5-12-8(11)4-7(6)10/h4-5H,1-3H3. The van der Waals surface area contributed by atoms with Gasteiger partial charge >= 0.3 is 0 Å². The lowest BCUT2D eigenvalue weighted by atomic mass is 9.88. The first-order chi connectivity index (χ1) is 5.41. The maximum Gasteiger partial charge on any atom is 0.215 e. The van der Waals surface area contributed by atoms with Gasteiger partial charge in [0, 0.05) is 17.8 Å². The van der Waals surface area contributed by atoms with E-state index in [-0.39, 0.29) is 5.41 Å². The molecule has 1 nitrogen and oxygen atoms in total. The van der Waals surface area contributed by atoms with E-state index in [1.54, 1.807) is 0 Å². The van der Waals surface area contributed by atoms with Gasteiger partial charge < -0.3 is 0 Å². The molecule has 0 aliphatic carbocycles. The first kappa shape index (κ1) is 9.10. The number of hydrogen-bond donors (Lipinski definition) is 0. The lowest BCUT2D eigenvalue weighted by Gasteiger charge is -2.18. The third kappa shape index (κ3) is 1.78. The normalized spacial score (nSPS) is 11.8. The fourth-order valence-electron chi connectivity index (χ4n) is 0.959. The van der Waals surface area contributed by atoms with Crippen LogP contribution >= 0.6 is 0 Å². The van der Waals surface area contributed by atoms with E-state index in [4.69, 9.17) is 0 Å². The van der Waals surface area contributed by atoms with Crippen molar-refractivity contribution in [2.75, 3.05) is 0 Å². The Kier molecular flexibility index (Phi) is 2.13. The Morgan fingerprint density at radius 3 is 2.25 bits per heavy atom. The molecule has 0 unspecified atom stereocenters. The second-order valence-corrected chi connectivity index (χ2v) is 3.74. The van der Waals surface area contributed by atoms with Crippen LogP contribution in [0.5, 0.6) is 0 Å². The predicted molar refractivity (Wildman–Crippen MR) is 42.9 cm³/mol. The SMILES string of the molecule is CC(C)(C)c1cnc(F)cc1F. The average Bonchev–Trinajstić information content (AvgIpc) is 1.83. The van der Waals surface area contributed by atoms with Gasteiger partial charge in [-0.25, -0.2) is 9.37 Å². The molecule has 0 atom stereocenters. The Morgan fingerprint density at radius 1 is 1.25 bits per heavy atom. The van der Waals surface area contributed by atoms with Crippen LogP contribution in [0.25, 0.3) is 0 Å². The zero-order chi connectivity index (χ0) is 9.35. The molecule has 0 aliphatic heterocycles. The summed E-state index contributed by atoms with van der Waals surface area (Å²) in [4.78, 5) is 3.40. The highest BCUT2D eigenvalue weighted by Crippen LogP contribution is 2.23. The molecule has 1 aromatic heterocycles. The Bertz CT molecular complexity index is 289. The molecule has 66 valence electrons. The summed E-state index contributed by atoms with van der Waals surface area (Å²) in [6.45, 7) is 5.56. The van der Waals surface area contributed by atoms with Crippen LogP contribution in [0.15, 0.2) is 12.3 Å². The summed E-state index contributed by atoms with van der Waals surface area (Å²) in [7, 11) is 0. The largest absolute Gasteiger partial charge is 0.228 e. The van der Waals surface area contributed by atoms with Crippen LogP contribution in [0.2, 0.25) is 0 Å². The summed E-state index contributed by atoms with van der Waals surface area (Å²) in [5.41, 5.74) is 0.106. The summed E-state index contributed by atoms with van der Waals surface area (Å²) in [5.74, 6) is -1.31. The number of rotatable bonds is 0. The van der Waals surface area contributed by atoms with Gasteiger partial charge in [-0.15, -0.1) is 0 Å². The zero-order valence-corrected chi connectivity index (χ0v) is 7.36. The molecule has 0 bridgehead atoms. The maximum atomic E-state index is 13.1. The van der Waals surface area contributed by atoms with Crippen molar-refractivity contribution in [3.8, 4) is 0 Å². The van der Waals surface area contributed by atoms with Crippen LogP contribution in [0.3, 0.4) is 0 Å². The molecule has 0 aliphatic rings. The van der Waals surface area contributed by atoms with Crippen molar-refractivity contribution >= 4 is 0 Å². The zero-order valence-electron chi connectivity index (χ0n) is 7.36. The van der Waals surface area contributed by atoms with Gasteiger partial charge in [0.25, 0.3) is 0 Å². The molecule has 0 aromatic carbocycles. The van der Waals surface area contributed by atoms with E-state index in [2.05, 4.69) is 4.98 Å². The molecular weight excluding hydrogens is 160 g/mol. The minimum Gasteiger partial charge on any atom is -0.228 e. The van der Waals surface area contributed by atoms with Crippen molar-refractivity contribution in [2.45, 2.75) is 26.2 Å². The van der Waals surface area contributed by atoms with E-state index >= 15 is 0 Å². The quantitative estimate of drug-likeness (QED) is 0.547. The van der Waals surface area contributed by atoms with Gasteiger partial charge in [0.05, 0.1) is 0 Å². The topological polar surface area (TPSA) is 12.9 Å². The first-order valence-electron chi connectivity index (χ1n) is 3.73. The molecule has 0 radical (unpaired) electrons. The van der Waals surface area contributed by atoms with Crippen LogP contribution in [0.4, 0.5) is 8.78 Å². The lowest BCUT2D eigenvalue weighted by Crippen LogP contribution is -2.14. The molecule has 0 spiro atoms. The van der Waals surface area contributed by atoms with Gasteiger partial charge in [0.15, 0.2) is 0 Å². The van der Waals surface area contributed by atoms with E-state index < -0.39 is 11.8 Å². The van der Waals surface area contributed by atoms with Crippen molar-refractivity contribution in [2.24, 2.45) is 0 Å². The smallest absolute Gasteiger partial charge is 0.215 e.